The summed E-state index contributed by atoms with van der Waals surface area (Å²) in [4.78, 5) is 0. The van der Waals surface area contributed by atoms with E-state index < -0.39 is 0 Å². The fourth-order valence-electron chi connectivity index (χ4n) is 2.19. The van der Waals surface area contributed by atoms with Crippen molar-refractivity contribution in [2.75, 3.05) is 7.11 Å². The maximum atomic E-state index is 9.41. The zero-order chi connectivity index (χ0) is 13.3. The Balaban J connectivity index is 2.69. The molecule has 0 fully saturated rings. The minimum atomic E-state index is -0.0964. The van der Waals surface area contributed by atoms with Gasteiger partial charge in [0.05, 0.1) is 13.7 Å². The number of nitrogens with zero attached hydrogens (tertiary/aromatic N) is 1. The van der Waals surface area contributed by atoms with Crippen molar-refractivity contribution in [2.24, 2.45) is 0 Å². The third-order valence-electron chi connectivity index (χ3n) is 3.02. The molecule has 0 aliphatic rings. The van der Waals surface area contributed by atoms with Gasteiger partial charge in [0, 0.05) is 11.1 Å². The van der Waals surface area contributed by atoms with Crippen molar-refractivity contribution in [2.45, 2.75) is 27.4 Å². The van der Waals surface area contributed by atoms with Gasteiger partial charge in [-0.3, -0.25) is 0 Å². The van der Waals surface area contributed by atoms with Gasteiger partial charge in [-0.05, 0) is 38.0 Å². The van der Waals surface area contributed by atoms with Crippen LogP contribution in [0.15, 0.2) is 16.7 Å². The molecule has 18 heavy (non-hydrogen) atoms. The van der Waals surface area contributed by atoms with Crippen molar-refractivity contribution in [1.29, 1.82) is 0 Å². The summed E-state index contributed by atoms with van der Waals surface area (Å²) in [6.45, 7) is 5.69. The molecule has 2 aromatic rings. The summed E-state index contributed by atoms with van der Waals surface area (Å²) in [6.07, 6.45) is 0. The highest BCUT2D eigenvalue weighted by molar-refractivity contribution is 5.72. The number of hydrogen-bond donors (Lipinski definition) is 1. The molecule has 2 rings (SSSR count). The molecular formula is C14H17NO3. The Bertz CT molecular complexity index is 573. The lowest BCUT2D eigenvalue weighted by Gasteiger charge is -2.11. The summed E-state index contributed by atoms with van der Waals surface area (Å²) in [5.41, 5.74) is 4.37. The van der Waals surface area contributed by atoms with E-state index in [1.165, 1.54) is 0 Å². The lowest BCUT2D eigenvalue weighted by atomic mass is 10.00. The minimum absolute atomic E-state index is 0.0964. The average Bonchev–Trinajstić information content (AvgIpc) is 2.69. The van der Waals surface area contributed by atoms with Gasteiger partial charge in [0.1, 0.15) is 17.2 Å². The molecule has 0 amide bonds. The van der Waals surface area contributed by atoms with Crippen LogP contribution in [0.1, 0.15) is 22.5 Å². The Morgan fingerprint density at radius 1 is 1.28 bits per heavy atom. The van der Waals surface area contributed by atoms with E-state index in [1.807, 2.05) is 26.0 Å². The summed E-state index contributed by atoms with van der Waals surface area (Å²) < 4.78 is 10.6. The number of aromatic nitrogens is 1. The number of aliphatic hydroxyl groups is 1. The molecule has 0 unspecified atom stereocenters. The molecule has 4 heteroatoms. The van der Waals surface area contributed by atoms with Gasteiger partial charge in [0.25, 0.3) is 0 Å². The molecule has 0 radical (unpaired) electrons. The third kappa shape index (κ3) is 1.99. The van der Waals surface area contributed by atoms with Crippen molar-refractivity contribution < 1.29 is 14.4 Å². The highest BCUT2D eigenvalue weighted by Crippen LogP contribution is 2.36. The predicted octanol–water partition coefficient (Wildman–Crippen LogP) is 2.77. The monoisotopic (exact) mass is 247 g/mol. The molecule has 1 aromatic carbocycles. The van der Waals surface area contributed by atoms with Crippen LogP contribution in [0.2, 0.25) is 0 Å². The van der Waals surface area contributed by atoms with Gasteiger partial charge >= 0.3 is 0 Å². The number of rotatable bonds is 3. The molecule has 0 spiro atoms. The lowest BCUT2D eigenvalue weighted by Crippen LogP contribution is -1.95. The Morgan fingerprint density at radius 2 is 2.00 bits per heavy atom. The van der Waals surface area contributed by atoms with Crippen molar-refractivity contribution >= 4 is 0 Å². The lowest BCUT2D eigenvalue weighted by molar-refractivity contribution is 0.278. The molecule has 1 aromatic heterocycles. The Kier molecular flexibility index (Phi) is 3.39. The topological polar surface area (TPSA) is 55.5 Å². The number of aryl methyl sites for hydroxylation is 3. The SMILES string of the molecule is COc1c(C)cc(C)cc1-c1noc(C)c1CO. The Morgan fingerprint density at radius 3 is 2.61 bits per heavy atom. The molecule has 1 heterocycles. The maximum absolute atomic E-state index is 9.41. The van der Waals surface area contributed by atoms with E-state index in [9.17, 15) is 5.11 Å². The highest BCUT2D eigenvalue weighted by Gasteiger charge is 2.18. The first-order valence-corrected chi connectivity index (χ1v) is 5.80. The van der Waals surface area contributed by atoms with E-state index in [0.29, 0.717) is 17.0 Å². The summed E-state index contributed by atoms with van der Waals surface area (Å²) >= 11 is 0. The van der Waals surface area contributed by atoms with Crippen molar-refractivity contribution in [3.8, 4) is 17.0 Å². The molecule has 0 saturated heterocycles. The molecule has 0 aliphatic heterocycles. The number of hydrogen-bond acceptors (Lipinski definition) is 4. The van der Waals surface area contributed by atoms with Crippen LogP contribution in [0.3, 0.4) is 0 Å². The van der Waals surface area contributed by atoms with Crippen molar-refractivity contribution in [1.82, 2.24) is 5.16 Å². The third-order valence-corrected chi connectivity index (χ3v) is 3.02. The summed E-state index contributed by atoms with van der Waals surface area (Å²) in [5, 5.41) is 13.4. The van der Waals surface area contributed by atoms with Gasteiger partial charge < -0.3 is 14.4 Å². The van der Waals surface area contributed by atoms with Crippen LogP contribution in [0.25, 0.3) is 11.3 Å². The van der Waals surface area contributed by atoms with Gasteiger partial charge in [0.2, 0.25) is 0 Å². The second-order valence-electron chi connectivity index (χ2n) is 4.39. The van der Waals surface area contributed by atoms with Crippen LogP contribution in [0.4, 0.5) is 0 Å². The highest BCUT2D eigenvalue weighted by atomic mass is 16.5. The zero-order valence-electron chi connectivity index (χ0n) is 11.1. The van der Waals surface area contributed by atoms with Gasteiger partial charge in [-0.1, -0.05) is 11.2 Å². The van der Waals surface area contributed by atoms with Gasteiger partial charge in [0.15, 0.2) is 0 Å². The quantitative estimate of drug-likeness (QED) is 0.906. The van der Waals surface area contributed by atoms with E-state index in [2.05, 4.69) is 5.16 Å². The zero-order valence-corrected chi connectivity index (χ0v) is 11.1. The summed E-state index contributed by atoms with van der Waals surface area (Å²) in [7, 11) is 1.63. The average molecular weight is 247 g/mol. The fourth-order valence-corrected chi connectivity index (χ4v) is 2.19. The van der Waals surface area contributed by atoms with Gasteiger partial charge in [-0.15, -0.1) is 0 Å². The standard InChI is InChI=1S/C14H17NO3/c1-8-5-9(2)14(17-4)11(6-8)13-12(7-16)10(3)18-15-13/h5-6,16H,7H2,1-4H3. The second kappa shape index (κ2) is 4.82. The number of benzene rings is 1. The van der Waals surface area contributed by atoms with E-state index in [1.54, 1.807) is 14.0 Å². The fraction of sp³-hybridized carbons (Fsp3) is 0.357. The van der Waals surface area contributed by atoms with Crippen LogP contribution >= 0.6 is 0 Å². The Labute approximate surface area is 106 Å². The normalized spacial score (nSPS) is 10.7. The molecular weight excluding hydrogens is 230 g/mol. The second-order valence-corrected chi connectivity index (χ2v) is 4.39. The molecule has 96 valence electrons. The molecule has 0 saturated carbocycles. The smallest absolute Gasteiger partial charge is 0.139 e. The van der Waals surface area contributed by atoms with Gasteiger partial charge in [-0.2, -0.15) is 0 Å². The van der Waals surface area contributed by atoms with Crippen LogP contribution in [-0.2, 0) is 6.61 Å². The predicted molar refractivity (Wildman–Crippen MR) is 68.6 cm³/mol. The van der Waals surface area contributed by atoms with Crippen LogP contribution in [-0.4, -0.2) is 17.4 Å². The number of methoxy groups -OCH3 is 1. The summed E-state index contributed by atoms with van der Waals surface area (Å²) in [5.74, 6) is 1.40. The first-order valence-electron chi connectivity index (χ1n) is 5.80. The Hall–Kier alpha value is -1.81. The maximum Gasteiger partial charge on any atom is 0.139 e. The molecule has 4 nitrogen and oxygen atoms in total. The largest absolute Gasteiger partial charge is 0.496 e. The van der Waals surface area contributed by atoms with Crippen LogP contribution < -0.4 is 4.74 Å². The van der Waals surface area contributed by atoms with Gasteiger partial charge in [-0.25, -0.2) is 0 Å². The van der Waals surface area contributed by atoms with E-state index in [-0.39, 0.29) is 6.61 Å². The van der Waals surface area contributed by atoms with E-state index in [4.69, 9.17) is 9.26 Å². The first-order chi connectivity index (χ1) is 8.58. The molecule has 0 bridgehead atoms. The number of ether oxygens (including phenoxy) is 1. The van der Waals surface area contributed by atoms with E-state index >= 15 is 0 Å². The first kappa shape index (κ1) is 12.6. The van der Waals surface area contributed by atoms with Crippen LogP contribution in [0, 0.1) is 20.8 Å². The van der Waals surface area contributed by atoms with Crippen LogP contribution in [0.5, 0.6) is 5.75 Å². The van der Waals surface area contributed by atoms with Crippen molar-refractivity contribution in [3.63, 3.8) is 0 Å². The summed E-state index contributed by atoms with van der Waals surface area (Å²) in [6, 6.07) is 4.04. The molecule has 1 N–H and O–H groups in total. The molecule has 0 atom stereocenters. The molecule has 0 aliphatic carbocycles. The van der Waals surface area contributed by atoms with Crippen molar-refractivity contribution in [3.05, 3.63) is 34.6 Å². The minimum Gasteiger partial charge on any atom is -0.496 e. The van der Waals surface area contributed by atoms with E-state index in [0.717, 1.165) is 22.4 Å². The number of aliphatic hydroxyl groups excluding tert-OH is 1.